The van der Waals surface area contributed by atoms with Crippen molar-refractivity contribution in [2.24, 2.45) is 0 Å². The second-order valence-electron chi connectivity index (χ2n) is 11.7. The molecule has 0 unspecified atom stereocenters. The number of thioether (sulfide) groups is 2. The van der Waals surface area contributed by atoms with Crippen molar-refractivity contribution in [2.75, 3.05) is 46.6 Å². The third kappa shape index (κ3) is 16.9. The molecule has 7 rings (SSSR count). The van der Waals surface area contributed by atoms with E-state index in [9.17, 15) is 9.59 Å². The number of thiol groups is 1. The highest BCUT2D eigenvalue weighted by molar-refractivity contribution is 7.99. The van der Waals surface area contributed by atoms with Gasteiger partial charge in [-0.15, -0.1) is 36.2 Å². The minimum Gasteiger partial charge on any atom is -0.508 e. The highest BCUT2D eigenvalue weighted by atomic mass is 32.2. The lowest BCUT2D eigenvalue weighted by atomic mass is 10.3. The van der Waals surface area contributed by atoms with Gasteiger partial charge in [0.1, 0.15) is 77.0 Å². The summed E-state index contributed by atoms with van der Waals surface area (Å²) in [4.78, 5) is 23.5. The van der Waals surface area contributed by atoms with Crippen molar-refractivity contribution in [3.05, 3.63) is 148 Å². The van der Waals surface area contributed by atoms with E-state index in [0.29, 0.717) is 46.3 Å². The smallest absolute Gasteiger partial charge is 0.396 e. The van der Waals surface area contributed by atoms with Gasteiger partial charge in [0.15, 0.2) is 0 Å². The van der Waals surface area contributed by atoms with Gasteiger partial charge in [-0.1, -0.05) is 60.6 Å². The molecule has 0 bridgehead atoms. The van der Waals surface area contributed by atoms with Crippen LogP contribution in [-0.2, 0) is 0 Å². The average molecular weight is 939 g/mol. The second-order valence-corrected chi connectivity index (χ2v) is 15.8. The predicted octanol–water partition coefficient (Wildman–Crippen LogP) is 11.3. The third-order valence-corrected chi connectivity index (χ3v) is 10.8. The zero-order valence-electron chi connectivity index (χ0n) is 34.2. The molecule has 0 radical (unpaired) electrons. The minimum absolute atomic E-state index is 0.148. The van der Waals surface area contributed by atoms with E-state index in [1.807, 2.05) is 30.7 Å². The van der Waals surface area contributed by atoms with Crippen LogP contribution in [0, 0.1) is 0 Å². The zero-order valence-corrected chi connectivity index (χ0v) is 38.4. The normalized spacial score (nSPS) is 9.89. The quantitative estimate of drug-likeness (QED) is 0.0490. The molecule has 17 heteroatoms. The van der Waals surface area contributed by atoms with E-state index in [4.69, 9.17) is 47.8 Å². The number of phenolic OH excluding ortho intramolecular Hbond substituents is 3. The van der Waals surface area contributed by atoms with Gasteiger partial charge in [0.2, 0.25) is 0 Å². The largest absolute Gasteiger partial charge is 0.508 e. The lowest BCUT2D eigenvalue weighted by molar-refractivity contribution is 0.358. The van der Waals surface area contributed by atoms with Gasteiger partial charge in [0, 0.05) is 17.0 Å². The monoisotopic (exact) mass is 938 g/mol. The summed E-state index contributed by atoms with van der Waals surface area (Å²) >= 11 is 9.28. The first kappa shape index (κ1) is 50.5. The van der Waals surface area contributed by atoms with Crippen LogP contribution in [0.5, 0.6) is 46.0 Å². The Labute approximate surface area is 380 Å². The molecule has 0 spiro atoms. The Morgan fingerprint density at radius 1 is 0.597 bits per heavy atom. The van der Waals surface area contributed by atoms with Crippen LogP contribution in [0.25, 0.3) is 20.6 Å². The van der Waals surface area contributed by atoms with E-state index >= 15 is 0 Å². The first-order valence-electron chi connectivity index (χ1n) is 18.0. The van der Waals surface area contributed by atoms with Gasteiger partial charge < -0.3 is 47.8 Å². The number of benzene rings is 5. The van der Waals surface area contributed by atoms with E-state index in [1.165, 1.54) is 12.1 Å². The van der Waals surface area contributed by atoms with Crippen molar-refractivity contribution in [3.8, 4) is 46.0 Å². The van der Waals surface area contributed by atoms with Gasteiger partial charge in [-0.25, -0.2) is 9.59 Å². The molecule has 0 aliphatic rings. The molecule has 0 saturated carbocycles. The summed E-state index contributed by atoms with van der Waals surface area (Å²) in [5.74, 6) is 4.50. The molecule has 0 aliphatic heterocycles. The standard InChI is InChI=1S/C11H14O2S.C10H8O3S.C9H10O2S.C8H10O2S.C7H4O3S/c1-4-7-13-9-5-6-10(12-2)11(8-9)14-3;1-2-5-12-7-3-4-8-9(6-7)14-10(11)13-8;1-2-5-11-7-3-4-8(10)9(12)6-7;1-10-7-4-3-6(9)5-8(7)11-2;8-4-1-2-5-6(3-4)11-7(9)10-5/h4-6,8H,1,7H2,2-3H3;2-4,6H,1,5H2;2-4,6,10,12H,1,5H2;3-5,9H,1-2H3;1-3,8H. The molecule has 0 saturated heterocycles. The van der Waals surface area contributed by atoms with Crippen LogP contribution >= 0.6 is 58.8 Å². The number of phenols is 3. The molecular weight excluding hydrogens is 893 g/mol. The number of hydrogen-bond acceptors (Lipinski definition) is 17. The van der Waals surface area contributed by atoms with Crippen molar-refractivity contribution in [2.45, 2.75) is 14.7 Å². The minimum atomic E-state index is -0.342. The molecule has 0 atom stereocenters. The summed E-state index contributed by atoms with van der Waals surface area (Å²) < 4.78 is 37.4. The molecule has 2 aromatic heterocycles. The lowest BCUT2D eigenvalue weighted by Gasteiger charge is -2.08. The number of ether oxygens (including phenoxy) is 5. The molecule has 2 heterocycles. The first-order valence-corrected chi connectivity index (χ1v) is 22.5. The number of aromatic hydroxyl groups is 3. The van der Waals surface area contributed by atoms with E-state index in [0.717, 1.165) is 60.2 Å². The molecule has 12 nitrogen and oxygen atoms in total. The Hall–Kier alpha value is -5.85. The van der Waals surface area contributed by atoms with Crippen molar-refractivity contribution < 1.29 is 47.8 Å². The summed E-state index contributed by atoms with van der Waals surface area (Å²) in [7, 11) is 3.28. The molecule has 328 valence electrons. The fraction of sp³-hybridized carbons (Fsp3) is 0.156. The first-order chi connectivity index (χ1) is 29.9. The van der Waals surface area contributed by atoms with Gasteiger partial charge in [-0.3, -0.25) is 0 Å². The number of rotatable bonds is 13. The van der Waals surface area contributed by atoms with Crippen molar-refractivity contribution in [3.63, 3.8) is 0 Å². The Balaban J connectivity index is 0.000000207. The summed E-state index contributed by atoms with van der Waals surface area (Å²) in [6.45, 7) is 12.1. The van der Waals surface area contributed by atoms with Gasteiger partial charge in [0.25, 0.3) is 0 Å². The third-order valence-electron chi connectivity index (χ3n) is 7.39. The summed E-state index contributed by atoms with van der Waals surface area (Å²) in [6.07, 6.45) is 9.00. The van der Waals surface area contributed by atoms with Crippen LogP contribution in [-0.4, -0.2) is 61.9 Å². The summed E-state index contributed by atoms with van der Waals surface area (Å²) in [5.41, 5.74) is 1.13. The van der Waals surface area contributed by atoms with Crippen LogP contribution in [0.2, 0.25) is 0 Å². The van der Waals surface area contributed by atoms with Gasteiger partial charge in [0.05, 0.1) is 33.4 Å². The maximum Gasteiger partial charge on any atom is 0.396 e. The molecule has 3 N–H and O–H groups in total. The molecule has 0 aliphatic carbocycles. The maximum atomic E-state index is 10.9. The Bertz CT molecular complexity index is 2610. The van der Waals surface area contributed by atoms with E-state index in [-0.39, 0.29) is 27.1 Å². The van der Waals surface area contributed by atoms with Crippen LogP contribution in [0.15, 0.2) is 162 Å². The Kier molecular flexibility index (Phi) is 22.1. The van der Waals surface area contributed by atoms with Crippen LogP contribution < -0.4 is 33.6 Å². The van der Waals surface area contributed by atoms with Gasteiger partial charge >= 0.3 is 9.88 Å². The van der Waals surface area contributed by atoms with Gasteiger partial charge in [-0.05, 0) is 91.4 Å². The van der Waals surface area contributed by atoms with Crippen LogP contribution in [0.4, 0.5) is 0 Å². The zero-order chi connectivity index (χ0) is 45.4. The Morgan fingerprint density at radius 3 is 1.53 bits per heavy atom. The van der Waals surface area contributed by atoms with E-state index in [1.54, 1.807) is 117 Å². The molecular formula is C45H46O12S5. The SMILES string of the molecule is C=CCOc1ccc(O)c(S)c1.C=CCOc1ccc(OC)c(SC)c1.C=CCOc1ccc2oc(=O)sc2c1.COc1ccc(O)cc1SC.O=c1oc2ccc(O)cc2s1. The lowest BCUT2D eigenvalue weighted by Crippen LogP contribution is -1.93. The van der Waals surface area contributed by atoms with Crippen LogP contribution in [0.3, 0.4) is 0 Å². The van der Waals surface area contributed by atoms with E-state index < -0.39 is 0 Å². The topological polar surface area (TPSA) is 167 Å². The molecule has 5 aromatic carbocycles. The summed E-state index contributed by atoms with van der Waals surface area (Å²) in [6, 6.07) is 25.5. The number of hydrogen-bond donors (Lipinski definition) is 4. The molecule has 0 fully saturated rings. The van der Waals surface area contributed by atoms with E-state index in [2.05, 4.69) is 32.4 Å². The maximum absolute atomic E-state index is 10.9. The number of methoxy groups -OCH3 is 2. The number of fused-ring (bicyclic) bond motifs is 2. The predicted molar refractivity (Wildman–Crippen MR) is 256 cm³/mol. The fourth-order valence-electron chi connectivity index (χ4n) is 4.59. The van der Waals surface area contributed by atoms with Gasteiger partial charge in [-0.2, -0.15) is 0 Å². The average Bonchev–Trinajstić information content (AvgIpc) is 3.85. The molecule has 0 amide bonds. The van der Waals surface area contributed by atoms with Crippen molar-refractivity contribution in [1.82, 2.24) is 0 Å². The molecule has 62 heavy (non-hydrogen) atoms. The second kappa shape index (κ2) is 27.2. The molecule has 7 aromatic rings. The Morgan fingerprint density at radius 2 is 1.02 bits per heavy atom. The van der Waals surface area contributed by atoms with Crippen molar-refractivity contribution in [1.29, 1.82) is 0 Å². The van der Waals surface area contributed by atoms with Crippen LogP contribution in [0.1, 0.15) is 0 Å². The fourth-order valence-corrected chi connectivity index (χ4v) is 7.37. The highest BCUT2D eigenvalue weighted by Crippen LogP contribution is 2.32. The summed E-state index contributed by atoms with van der Waals surface area (Å²) in [5, 5.41) is 27.2. The van der Waals surface area contributed by atoms with Crippen molar-refractivity contribution >= 4 is 79.4 Å². The highest BCUT2D eigenvalue weighted by Gasteiger charge is 2.05.